The SMILES string of the molecule is C[C@H](C(=O)NCCC1=CCCCC1)[NH+](C)CC(=O)Nc1ccc(Cl)cc1. The summed E-state index contributed by atoms with van der Waals surface area (Å²) in [5, 5.41) is 6.44. The van der Waals surface area contributed by atoms with E-state index in [1.165, 1.54) is 18.4 Å². The van der Waals surface area contributed by atoms with Gasteiger partial charge in [-0.25, -0.2) is 0 Å². The normalized spacial score (nSPS) is 16.3. The Morgan fingerprint density at radius 3 is 2.62 bits per heavy atom. The fourth-order valence-corrected chi connectivity index (χ4v) is 3.13. The van der Waals surface area contributed by atoms with Gasteiger partial charge in [0, 0.05) is 17.3 Å². The number of quaternary nitrogens is 1. The Bertz CT molecular complexity index is 643. The van der Waals surface area contributed by atoms with Crippen molar-refractivity contribution in [3.05, 3.63) is 40.9 Å². The molecule has 0 radical (unpaired) electrons. The molecule has 0 fully saturated rings. The van der Waals surface area contributed by atoms with Crippen molar-refractivity contribution < 1.29 is 14.5 Å². The van der Waals surface area contributed by atoms with Crippen molar-refractivity contribution in [1.82, 2.24) is 5.32 Å². The van der Waals surface area contributed by atoms with E-state index in [0.29, 0.717) is 17.3 Å². The smallest absolute Gasteiger partial charge is 0.279 e. The van der Waals surface area contributed by atoms with Crippen LogP contribution in [0.5, 0.6) is 0 Å². The minimum Gasteiger partial charge on any atom is -0.351 e. The number of carbonyl (C=O) groups excluding carboxylic acids is 2. The number of nitrogens with one attached hydrogen (secondary N) is 3. The molecule has 0 spiro atoms. The summed E-state index contributed by atoms with van der Waals surface area (Å²) in [7, 11) is 1.86. The van der Waals surface area contributed by atoms with Gasteiger partial charge in [0.1, 0.15) is 0 Å². The van der Waals surface area contributed by atoms with Crippen molar-refractivity contribution in [2.45, 2.75) is 45.1 Å². The largest absolute Gasteiger partial charge is 0.351 e. The number of amides is 2. The molecule has 1 aliphatic rings. The van der Waals surface area contributed by atoms with Crippen molar-refractivity contribution in [2.24, 2.45) is 0 Å². The summed E-state index contributed by atoms with van der Waals surface area (Å²) < 4.78 is 0. The van der Waals surface area contributed by atoms with Crippen molar-refractivity contribution in [3.8, 4) is 0 Å². The van der Waals surface area contributed by atoms with Crippen LogP contribution in [0.15, 0.2) is 35.9 Å². The summed E-state index contributed by atoms with van der Waals surface area (Å²) >= 11 is 5.84. The van der Waals surface area contributed by atoms with E-state index in [1.54, 1.807) is 24.3 Å². The third-order valence-corrected chi connectivity index (χ3v) is 5.08. The van der Waals surface area contributed by atoms with Gasteiger partial charge in [-0.1, -0.05) is 23.3 Å². The molecule has 0 saturated heterocycles. The van der Waals surface area contributed by atoms with Crippen LogP contribution in [0.1, 0.15) is 39.0 Å². The van der Waals surface area contributed by atoms with Gasteiger partial charge in [-0.3, -0.25) is 9.59 Å². The Labute approximate surface area is 160 Å². The lowest BCUT2D eigenvalue weighted by atomic mass is 9.97. The van der Waals surface area contributed by atoms with Crippen LogP contribution in [-0.4, -0.2) is 38.0 Å². The Morgan fingerprint density at radius 2 is 1.96 bits per heavy atom. The first-order chi connectivity index (χ1) is 12.5. The van der Waals surface area contributed by atoms with Crippen LogP contribution in [0.3, 0.4) is 0 Å². The van der Waals surface area contributed by atoms with Crippen molar-refractivity contribution in [2.75, 3.05) is 25.5 Å². The summed E-state index contributed by atoms with van der Waals surface area (Å²) in [5.74, 6) is -0.143. The van der Waals surface area contributed by atoms with E-state index in [-0.39, 0.29) is 24.4 Å². The third-order valence-electron chi connectivity index (χ3n) is 4.83. The predicted molar refractivity (Wildman–Crippen MR) is 105 cm³/mol. The molecule has 1 aliphatic carbocycles. The summed E-state index contributed by atoms with van der Waals surface area (Å²) in [6.07, 6.45) is 8.08. The highest BCUT2D eigenvalue weighted by molar-refractivity contribution is 6.30. The Hall–Kier alpha value is -1.85. The lowest BCUT2D eigenvalue weighted by Gasteiger charge is -2.21. The highest BCUT2D eigenvalue weighted by Gasteiger charge is 2.23. The fourth-order valence-electron chi connectivity index (χ4n) is 3.00. The minimum absolute atomic E-state index is 0.0156. The molecular formula is C20H29ClN3O2+. The molecule has 1 aromatic rings. The lowest BCUT2D eigenvalue weighted by molar-refractivity contribution is -0.885. The number of allylic oxidation sites excluding steroid dienone is 1. The molecule has 0 heterocycles. The van der Waals surface area contributed by atoms with Gasteiger partial charge in [-0.05, 0) is 63.3 Å². The second-order valence-electron chi connectivity index (χ2n) is 6.95. The minimum atomic E-state index is -0.286. The number of rotatable bonds is 8. The van der Waals surface area contributed by atoms with Crippen molar-refractivity contribution in [1.29, 1.82) is 0 Å². The average molecular weight is 379 g/mol. The number of carbonyl (C=O) groups is 2. The molecule has 26 heavy (non-hydrogen) atoms. The quantitative estimate of drug-likeness (QED) is 0.607. The highest BCUT2D eigenvalue weighted by Crippen LogP contribution is 2.19. The first-order valence-corrected chi connectivity index (χ1v) is 9.67. The number of anilines is 1. The zero-order valence-electron chi connectivity index (χ0n) is 15.6. The third kappa shape index (κ3) is 6.81. The molecule has 5 nitrogen and oxygen atoms in total. The van der Waals surface area contributed by atoms with Gasteiger partial charge in [0.2, 0.25) is 0 Å². The van der Waals surface area contributed by atoms with Crippen molar-refractivity contribution in [3.63, 3.8) is 0 Å². The molecule has 2 atom stereocenters. The molecule has 2 rings (SSSR count). The predicted octanol–water partition coefficient (Wildman–Crippen LogP) is 2.19. The topological polar surface area (TPSA) is 62.6 Å². The number of likely N-dealkylation sites (N-methyl/N-ethyl adjacent to an activating group) is 1. The number of halogens is 1. The molecule has 0 aromatic heterocycles. The molecule has 2 amide bonds. The number of hydrogen-bond donors (Lipinski definition) is 3. The zero-order chi connectivity index (χ0) is 18.9. The van der Waals surface area contributed by atoms with E-state index < -0.39 is 0 Å². The van der Waals surface area contributed by atoms with E-state index in [1.807, 2.05) is 14.0 Å². The molecule has 1 aromatic carbocycles. The van der Waals surface area contributed by atoms with E-state index in [2.05, 4.69) is 16.7 Å². The van der Waals surface area contributed by atoms with Crippen LogP contribution in [0.25, 0.3) is 0 Å². The van der Waals surface area contributed by atoms with Gasteiger partial charge in [0.15, 0.2) is 12.6 Å². The van der Waals surface area contributed by atoms with Gasteiger partial charge < -0.3 is 15.5 Å². The van der Waals surface area contributed by atoms with Crippen molar-refractivity contribution >= 4 is 29.1 Å². The van der Waals surface area contributed by atoms with E-state index in [4.69, 9.17) is 11.6 Å². The van der Waals surface area contributed by atoms with E-state index in [9.17, 15) is 9.59 Å². The van der Waals surface area contributed by atoms with Gasteiger partial charge in [0.05, 0.1) is 7.05 Å². The second-order valence-corrected chi connectivity index (χ2v) is 7.39. The summed E-state index contributed by atoms with van der Waals surface area (Å²) in [4.78, 5) is 25.3. The van der Waals surface area contributed by atoms with Crippen LogP contribution in [0.2, 0.25) is 5.02 Å². The first kappa shape index (κ1) is 20.5. The molecule has 0 aliphatic heterocycles. The van der Waals surface area contributed by atoms with Crippen LogP contribution in [0, 0.1) is 0 Å². The van der Waals surface area contributed by atoms with Crippen LogP contribution < -0.4 is 15.5 Å². The monoisotopic (exact) mass is 378 g/mol. The molecule has 3 N–H and O–H groups in total. The van der Waals surface area contributed by atoms with Crippen LogP contribution >= 0.6 is 11.6 Å². The van der Waals surface area contributed by atoms with E-state index in [0.717, 1.165) is 24.2 Å². The van der Waals surface area contributed by atoms with Crippen LogP contribution in [0.4, 0.5) is 5.69 Å². The first-order valence-electron chi connectivity index (χ1n) is 9.29. The average Bonchev–Trinajstić information content (AvgIpc) is 2.63. The molecule has 6 heteroatoms. The summed E-state index contributed by atoms with van der Waals surface area (Å²) in [5.41, 5.74) is 2.15. The second kappa shape index (κ2) is 10.3. The van der Waals surface area contributed by atoms with Gasteiger partial charge >= 0.3 is 0 Å². The molecular weight excluding hydrogens is 350 g/mol. The maximum Gasteiger partial charge on any atom is 0.279 e. The molecule has 1 unspecified atom stereocenters. The summed E-state index contributed by atoms with van der Waals surface area (Å²) in [6.45, 7) is 2.74. The Balaban J connectivity index is 1.71. The van der Waals surface area contributed by atoms with Crippen LogP contribution in [-0.2, 0) is 9.59 Å². The zero-order valence-corrected chi connectivity index (χ0v) is 16.4. The maximum atomic E-state index is 12.3. The summed E-state index contributed by atoms with van der Waals surface area (Å²) in [6, 6.07) is 6.68. The molecule has 0 bridgehead atoms. The number of benzene rings is 1. The maximum absolute atomic E-state index is 12.3. The lowest BCUT2D eigenvalue weighted by Crippen LogP contribution is -3.15. The highest BCUT2D eigenvalue weighted by atomic mass is 35.5. The fraction of sp³-hybridized carbons (Fsp3) is 0.500. The Kier molecular flexibility index (Phi) is 8.13. The standard InChI is InChI=1S/C20H28ClN3O2/c1-15(20(26)22-13-12-16-6-4-3-5-7-16)24(2)14-19(25)23-18-10-8-17(21)9-11-18/h6,8-11,15H,3-5,7,12-14H2,1-2H3,(H,22,26)(H,23,25)/p+1/t15-/m1/s1. The number of hydrogen-bond acceptors (Lipinski definition) is 2. The van der Waals surface area contributed by atoms with Gasteiger partial charge in [-0.15, -0.1) is 0 Å². The molecule has 142 valence electrons. The van der Waals surface area contributed by atoms with Gasteiger partial charge in [0.25, 0.3) is 11.8 Å². The van der Waals surface area contributed by atoms with E-state index >= 15 is 0 Å². The van der Waals surface area contributed by atoms with Gasteiger partial charge in [-0.2, -0.15) is 0 Å². The molecule has 0 saturated carbocycles. The Morgan fingerprint density at radius 1 is 1.23 bits per heavy atom.